The van der Waals surface area contributed by atoms with E-state index in [1.807, 2.05) is 26.0 Å². The van der Waals surface area contributed by atoms with Gasteiger partial charge in [0.15, 0.2) is 0 Å². The summed E-state index contributed by atoms with van der Waals surface area (Å²) in [4.78, 5) is 11.1. The summed E-state index contributed by atoms with van der Waals surface area (Å²) in [5.41, 5.74) is 3.96. The molecule has 21 heavy (non-hydrogen) atoms. The number of nitrogens with zero attached hydrogens (tertiary/aromatic N) is 1. The van der Waals surface area contributed by atoms with Crippen LogP contribution in [-0.4, -0.2) is 6.29 Å². The molecule has 2 nitrogen and oxygen atoms in total. The first-order valence-corrected chi connectivity index (χ1v) is 7.42. The predicted molar refractivity (Wildman–Crippen MR) is 87.1 cm³/mol. The fourth-order valence-corrected chi connectivity index (χ4v) is 2.75. The minimum Gasteiger partial charge on any atom is -0.303 e. The van der Waals surface area contributed by atoms with Crippen molar-refractivity contribution >= 4 is 6.29 Å². The molecule has 1 aromatic carbocycles. The predicted octanol–water partition coefficient (Wildman–Crippen LogP) is 4.71. The second-order valence-electron chi connectivity index (χ2n) is 6.52. The zero-order valence-electron chi connectivity index (χ0n) is 13.7. The van der Waals surface area contributed by atoms with Crippen molar-refractivity contribution < 1.29 is 4.79 Å². The fourth-order valence-electron chi connectivity index (χ4n) is 2.75. The lowest BCUT2D eigenvalue weighted by atomic mass is 9.71. The summed E-state index contributed by atoms with van der Waals surface area (Å²) in [7, 11) is 0. The molecule has 0 spiro atoms. The van der Waals surface area contributed by atoms with Gasteiger partial charge >= 0.3 is 0 Å². The van der Waals surface area contributed by atoms with Gasteiger partial charge in [-0.15, -0.1) is 0 Å². The molecule has 2 atom stereocenters. The van der Waals surface area contributed by atoms with Crippen LogP contribution in [0.5, 0.6) is 0 Å². The third kappa shape index (κ3) is 4.56. The Labute approximate surface area is 128 Å². The van der Waals surface area contributed by atoms with Gasteiger partial charge in [0, 0.05) is 5.92 Å². The number of aryl methyl sites for hydroxylation is 1. The number of allylic oxidation sites excluding steroid dienone is 2. The van der Waals surface area contributed by atoms with Crippen molar-refractivity contribution in [2.75, 3.05) is 0 Å². The molecule has 1 rings (SSSR count). The Balaban J connectivity index is 3.35. The van der Waals surface area contributed by atoms with Crippen LogP contribution in [0.1, 0.15) is 57.2 Å². The quantitative estimate of drug-likeness (QED) is 0.560. The summed E-state index contributed by atoms with van der Waals surface area (Å²) in [5, 5.41) is 9.41. The minimum absolute atomic E-state index is 0.0207. The lowest BCUT2D eigenvalue weighted by Gasteiger charge is -2.32. The van der Waals surface area contributed by atoms with Crippen molar-refractivity contribution in [1.29, 1.82) is 5.26 Å². The number of carbonyl (C=O) groups is 1. The Morgan fingerprint density at radius 1 is 1.43 bits per heavy atom. The van der Waals surface area contributed by atoms with Crippen molar-refractivity contribution in [3.05, 3.63) is 46.5 Å². The maximum Gasteiger partial charge on any atom is 0.122 e. The van der Waals surface area contributed by atoms with Gasteiger partial charge in [-0.25, -0.2) is 0 Å². The van der Waals surface area contributed by atoms with Crippen LogP contribution in [0.4, 0.5) is 0 Å². The summed E-state index contributed by atoms with van der Waals surface area (Å²) >= 11 is 0. The van der Waals surface area contributed by atoms with Gasteiger partial charge in [0.05, 0.1) is 11.6 Å². The molecule has 0 heterocycles. The Morgan fingerprint density at radius 2 is 2.10 bits per heavy atom. The monoisotopic (exact) mass is 283 g/mol. The van der Waals surface area contributed by atoms with Crippen molar-refractivity contribution in [3.8, 4) is 6.07 Å². The van der Waals surface area contributed by atoms with E-state index in [0.29, 0.717) is 5.56 Å². The molecule has 0 bridgehead atoms. The van der Waals surface area contributed by atoms with Crippen LogP contribution in [0, 0.1) is 24.2 Å². The number of benzene rings is 1. The molecular weight excluding hydrogens is 258 g/mol. The number of rotatable bonds is 6. The van der Waals surface area contributed by atoms with E-state index in [2.05, 4.69) is 39.0 Å². The summed E-state index contributed by atoms with van der Waals surface area (Å²) in [6, 6.07) is 8.24. The van der Waals surface area contributed by atoms with Crippen LogP contribution in [0.25, 0.3) is 0 Å². The zero-order valence-corrected chi connectivity index (χ0v) is 13.7. The van der Waals surface area contributed by atoms with E-state index in [4.69, 9.17) is 0 Å². The van der Waals surface area contributed by atoms with Crippen molar-refractivity contribution in [2.45, 2.75) is 52.9 Å². The average Bonchev–Trinajstić information content (AvgIpc) is 2.45. The molecule has 0 N–H and O–H groups in total. The smallest absolute Gasteiger partial charge is 0.122 e. The van der Waals surface area contributed by atoms with Crippen molar-refractivity contribution in [1.82, 2.24) is 0 Å². The maximum atomic E-state index is 11.1. The normalized spacial score (nSPS) is 14.7. The van der Waals surface area contributed by atoms with Gasteiger partial charge in [-0.3, -0.25) is 0 Å². The molecule has 2 heteroatoms. The largest absolute Gasteiger partial charge is 0.303 e. The Morgan fingerprint density at radius 3 is 2.62 bits per heavy atom. The highest BCUT2D eigenvalue weighted by atomic mass is 16.1. The van der Waals surface area contributed by atoms with Crippen LogP contribution >= 0.6 is 0 Å². The lowest BCUT2D eigenvalue weighted by Crippen LogP contribution is -2.26. The first-order chi connectivity index (χ1) is 9.82. The van der Waals surface area contributed by atoms with E-state index in [1.54, 1.807) is 0 Å². The third-order valence-electron chi connectivity index (χ3n) is 3.91. The number of nitriles is 1. The highest BCUT2D eigenvalue weighted by molar-refractivity contribution is 5.54. The molecule has 0 saturated heterocycles. The highest BCUT2D eigenvalue weighted by Gasteiger charge is 2.30. The van der Waals surface area contributed by atoms with Gasteiger partial charge in [-0.05, 0) is 50.7 Å². The third-order valence-corrected chi connectivity index (χ3v) is 3.91. The lowest BCUT2D eigenvalue weighted by molar-refractivity contribution is -0.111. The highest BCUT2D eigenvalue weighted by Crippen LogP contribution is 2.37. The molecule has 0 aliphatic rings. The standard InChI is InChI=1S/C19H25NO/c1-14(2)8-9-19(5,11-16(4)13-21)18-10-15(3)6-7-17(18)12-20/h6-8,10,13,16H,9,11H2,1-5H3. The van der Waals surface area contributed by atoms with Gasteiger partial charge in [0.2, 0.25) is 0 Å². The van der Waals surface area contributed by atoms with Gasteiger partial charge < -0.3 is 4.79 Å². The SMILES string of the molecule is CC(C)=CCC(C)(CC(C)C=O)c1cc(C)ccc1C#N. The molecule has 0 aliphatic carbocycles. The number of aldehydes is 1. The van der Waals surface area contributed by atoms with E-state index >= 15 is 0 Å². The van der Waals surface area contributed by atoms with Crippen LogP contribution in [-0.2, 0) is 10.2 Å². The van der Waals surface area contributed by atoms with E-state index in [9.17, 15) is 10.1 Å². The molecule has 0 saturated carbocycles. The Bertz CT molecular complexity index is 576. The topological polar surface area (TPSA) is 40.9 Å². The Hall–Kier alpha value is -1.88. The molecule has 0 aliphatic heterocycles. The minimum atomic E-state index is -0.200. The number of hydrogen-bond acceptors (Lipinski definition) is 2. The molecule has 1 aromatic rings. The van der Waals surface area contributed by atoms with Gasteiger partial charge in [0.25, 0.3) is 0 Å². The Kier molecular flexibility index (Phi) is 5.90. The summed E-state index contributed by atoms with van der Waals surface area (Å²) in [6.45, 7) is 10.3. The van der Waals surface area contributed by atoms with Crippen molar-refractivity contribution in [2.24, 2.45) is 5.92 Å². The van der Waals surface area contributed by atoms with Gasteiger partial charge in [0.1, 0.15) is 6.29 Å². The first-order valence-electron chi connectivity index (χ1n) is 7.42. The summed E-state index contributed by atoms with van der Waals surface area (Å²) in [6.07, 6.45) is 4.79. The zero-order chi connectivity index (χ0) is 16.0. The number of carbonyl (C=O) groups excluding carboxylic acids is 1. The molecule has 0 fully saturated rings. The van der Waals surface area contributed by atoms with Crippen LogP contribution in [0.2, 0.25) is 0 Å². The van der Waals surface area contributed by atoms with Crippen LogP contribution in [0.3, 0.4) is 0 Å². The summed E-state index contributed by atoms with van der Waals surface area (Å²) < 4.78 is 0. The molecule has 112 valence electrons. The molecule has 2 unspecified atom stereocenters. The van der Waals surface area contributed by atoms with Crippen molar-refractivity contribution in [3.63, 3.8) is 0 Å². The van der Waals surface area contributed by atoms with Gasteiger partial charge in [-0.2, -0.15) is 5.26 Å². The molecular formula is C19H25NO. The first kappa shape index (κ1) is 17.2. The van der Waals surface area contributed by atoms with Gasteiger partial charge in [-0.1, -0.05) is 43.2 Å². The van der Waals surface area contributed by atoms with E-state index in [1.165, 1.54) is 5.57 Å². The van der Waals surface area contributed by atoms with Crippen LogP contribution in [0.15, 0.2) is 29.8 Å². The second kappa shape index (κ2) is 7.22. The second-order valence-corrected chi connectivity index (χ2v) is 6.52. The number of hydrogen-bond donors (Lipinski definition) is 0. The molecule has 0 radical (unpaired) electrons. The molecule has 0 amide bonds. The fraction of sp³-hybridized carbons (Fsp3) is 0.474. The summed E-state index contributed by atoms with van der Waals surface area (Å²) in [5.74, 6) is -0.0207. The average molecular weight is 283 g/mol. The van der Waals surface area contributed by atoms with E-state index < -0.39 is 0 Å². The van der Waals surface area contributed by atoms with E-state index in [-0.39, 0.29) is 11.3 Å². The van der Waals surface area contributed by atoms with E-state index in [0.717, 1.165) is 30.3 Å². The van der Waals surface area contributed by atoms with Crippen LogP contribution < -0.4 is 0 Å². The molecule has 0 aromatic heterocycles. The maximum absolute atomic E-state index is 11.1.